The Morgan fingerprint density at radius 3 is 0.973 bits per heavy atom. The van der Waals surface area contributed by atoms with Crippen molar-refractivity contribution in [1.82, 2.24) is 0 Å². The normalized spacial score (nSPS) is 10.8. The van der Waals surface area contributed by atoms with Crippen molar-refractivity contribution in [3.8, 4) is 61.4 Å². The summed E-state index contributed by atoms with van der Waals surface area (Å²) in [6.07, 6.45) is 0. The van der Waals surface area contributed by atoms with Gasteiger partial charge in [-0.1, -0.05) is 121 Å². The van der Waals surface area contributed by atoms with Crippen LogP contribution in [0.5, 0.6) is 5.75 Å². The maximum atomic E-state index is 11.7. The van der Waals surface area contributed by atoms with E-state index in [2.05, 4.69) is 91.0 Å². The molecular formula is C36H26O. The van der Waals surface area contributed by atoms with Gasteiger partial charge in [0.05, 0.1) is 0 Å². The van der Waals surface area contributed by atoms with Crippen molar-refractivity contribution in [2.24, 2.45) is 0 Å². The average Bonchev–Trinajstić information content (AvgIpc) is 2.99. The van der Waals surface area contributed by atoms with E-state index in [0.717, 1.165) is 55.6 Å². The van der Waals surface area contributed by atoms with E-state index < -0.39 is 0 Å². The zero-order valence-corrected chi connectivity index (χ0v) is 20.4. The molecule has 6 aromatic carbocycles. The maximum absolute atomic E-state index is 11.7. The van der Waals surface area contributed by atoms with Crippen LogP contribution >= 0.6 is 0 Å². The van der Waals surface area contributed by atoms with Gasteiger partial charge in [-0.05, 0) is 74.8 Å². The van der Waals surface area contributed by atoms with Crippen LogP contribution in [0.1, 0.15) is 0 Å². The van der Waals surface area contributed by atoms with Gasteiger partial charge in [0.15, 0.2) is 0 Å². The molecule has 1 N–H and O–H groups in total. The van der Waals surface area contributed by atoms with Gasteiger partial charge < -0.3 is 5.11 Å². The van der Waals surface area contributed by atoms with Crippen molar-refractivity contribution in [3.63, 3.8) is 0 Å². The molecule has 176 valence electrons. The Labute approximate surface area is 218 Å². The first-order valence-electron chi connectivity index (χ1n) is 12.5. The Morgan fingerprint density at radius 1 is 0.270 bits per heavy atom. The predicted octanol–water partition coefficient (Wildman–Crippen LogP) is 9.73. The maximum Gasteiger partial charge on any atom is 0.131 e. The molecule has 0 fully saturated rings. The van der Waals surface area contributed by atoms with Crippen LogP contribution in [-0.2, 0) is 0 Å². The molecule has 0 atom stereocenters. The predicted molar refractivity (Wildman–Crippen MR) is 155 cm³/mol. The van der Waals surface area contributed by atoms with E-state index >= 15 is 0 Å². The zero-order chi connectivity index (χ0) is 25.0. The molecule has 0 amide bonds. The largest absolute Gasteiger partial charge is 0.507 e. The lowest BCUT2D eigenvalue weighted by Gasteiger charge is -2.16. The van der Waals surface area contributed by atoms with Gasteiger partial charge >= 0.3 is 0 Å². The van der Waals surface area contributed by atoms with Gasteiger partial charge in [-0.25, -0.2) is 0 Å². The van der Waals surface area contributed by atoms with E-state index in [4.69, 9.17) is 0 Å². The van der Waals surface area contributed by atoms with Gasteiger partial charge in [0.2, 0.25) is 0 Å². The van der Waals surface area contributed by atoms with Crippen LogP contribution in [0.15, 0.2) is 152 Å². The fourth-order valence-corrected chi connectivity index (χ4v) is 4.87. The second kappa shape index (κ2) is 10.0. The van der Waals surface area contributed by atoms with Crippen LogP contribution in [0.25, 0.3) is 55.6 Å². The Bertz CT molecular complexity index is 1580. The number of benzene rings is 6. The highest BCUT2D eigenvalue weighted by Crippen LogP contribution is 2.43. The Morgan fingerprint density at radius 2 is 0.568 bits per heavy atom. The molecule has 0 heterocycles. The van der Waals surface area contributed by atoms with Gasteiger partial charge in [-0.3, -0.25) is 0 Å². The third-order valence-corrected chi connectivity index (χ3v) is 6.76. The van der Waals surface area contributed by atoms with Gasteiger partial charge in [-0.2, -0.15) is 0 Å². The molecule has 0 bridgehead atoms. The third kappa shape index (κ3) is 4.68. The van der Waals surface area contributed by atoms with Crippen LogP contribution in [0.2, 0.25) is 0 Å². The first kappa shape index (κ1) is 22.6. The summed E-state index contributed by atoms with van der Waals surface area (Å²) in [5.41, 5.74) is 10.3. The van der Waals surface area contributed by atoms with Gasteiger partial charge in [-0.15, -0.1) is 0 Å². The van der Waals surface area contributed by atoms with E-state index in [-0.39, 0.29) is 5.75 Å². The molecule has 1 heteroatoms. The monoisotopic (exact) mass is 474 g/mol. The molecule has 0 aliphatic heterocycles. The van der Waals surface area contributed by atoms with Gasteiger partial charge in [0.1, 0.15) is 5.75 Å². The summed E-state index contributed by atoms with van der Waals surface area (Å²) in [5.74, 6) is 0.287. The van der Waals surface area contributed by atoms with E-state index in [1.807, 2.05) is 60.7 Å². The summed E-state index contributed by atoms with van der Waals surface area (Å²) >= 11 is 0. The molecular weight excluding hydrogens is 448 g/mol. The quantitative estimate of drug-likeness (QED) is 0.264. The molecule has 0 radical (unpaired) electrons. The van der Waals surface area contributed by atoms with Crippen molar-refractivity contribution in [2.45, 2.75) is 0 Å². The van der Waals surface area contributed by atoms with E-state index in [1.165, 1.54) is 0 Å². The Balaban J connectivity index is 1.62. The SMILES string of the molecule is Oc1c(-c2ccccc2)cc(-c2ccccc2)cc1-c1cc(-c2ccccc2)cc(-c2ccccc2)c1. The Kier molecular flexibility index (Phi) is 6.10. The van der Waals surface area contributed by atoms with Crippen LogP contribution < -0.4 is 0 Å². The van der Waals surface area contributed by atoms with E-state index in [1.54, 1.807) is 0 Å². The number of hydrogen-bond acceptors (Lipinski definition) is 1. The summed E-state index contributed by atoms with van der Waals surface area (Å²) in [7, 11) is 0. The average molecular weight is 475 g/mol. The highest BCUT2D eigenvalue weighted by molar-refractivity contribution is 5.90. The lowest BCUT2D eigenvalue weighted by atomic mass is 9.89. The standard InChI is InChI=1S/C36H26O/c37-36-34(29-19-11-4-12-20-29)24-32(28-17-9-3-10-18-28)25-35(36)33-22-30(26-13-5-1-6-14-26)21-31(23-33)27-15-7-2-8-16-27/h1-25,37H. The van der Waals surface area contributed by atoms with Crippen LogP contribution in [0, 0.1) is 0 Å². The van der Waals surface area contributed by atoms with Crippen molar-refractivity contribution in [3.05, 3.63) is 152 Å². The van der Waals surface area contributed by atoms with E-state index in [0.29, 0.717) is 0 Å². The first-order valence-corrected chi connectivity index (χ1v) is 12.5. The number of aromatic hydroxyl groups is 1. The highest BCUT2D eigenvalue weighted by atomic mass is 16.3. The minimum atomic E-state index is 0.287. The molecule has 1 nitrogen and oxygen atoms in total. The lowest BCUT2D eigenvalue weighted by Crippen LogP contribution is -1.90. The first-order chi connectivity index (χ1) is 18.3. The summed E-state index contributed by atoms with van der Waals surface area (Å²) in [6, 6.07) is 52.1. The van der Waals surface area contributed by atoms with Crippen molar-refractivity contribution in [1.29, 1.82) is 0 Å². The van der Waals surface area contributed by atoms with E-state index in [9.17, 15) is 5.11 Å². The molecule has 0 aromatic heterocycles. The number of phenols is 1. The molecule has 0 aliphatic rings. The second-order valence-corrected chi connectivity index (χ2v) is 9.18. The highest BCUT2D eigenvalue weighted by Gasteiger charge is 2.16. The lowest BCUT2D eigenvalue weighted by molar-refractivity contribution is 0.479. The fourth-order valence-electron chi connectivity index (χ4n) is 4.87. The van der Waals surface area contributed by atoms with Gasteiger partial charge in [0.25, 0.3) is 0 Å². The molecule has 0 saturated heterocycles. The summed E-state index contributed by atoms with van der Waals surface area (Å²) < 4.78 is 0. The molecule has 0 aliphatic carbocycles. The van der Waals surface area contributed by atoms with Crippen molar-refractivity contribution < 1.29 is 5.11 Å². The summed E-state index contributed by atoms with van der Waals surface area (Å²) in [5, 5.41) is 11.7. The zero-order valence-electron chi connectivity index (χ0n) is 20.4. The molecule has 6 rings (SSSR count). The van der Waals surface area contributed by atoms with Crippen molar-refractivity contribution in [2.75, 3.05) is 0 Å². The Hall–Kier alpha value is -4.88. The molecule has 0 unspecified atom stereocenters. The molecule has 0 saturated carbocycles. The van der Waals surface area contributed by atoms with Crippen LogP contribution in [-0.4, -0.2) is 5.11 Å². The number of hydrogen-bond donors (Lipinski definition) is 1. The molecule has 37 heavy (non-hydrogen) atoms. The fraction of sp³-hybridized carbons (Fsp3) is 0. The number of rotatable bonds is 5. The van der Waals surface area contributed by atoms with Crippen molar-refractivity contribution >= 4 is 0 Å². The smallest absolute Gasteiger partial charge is 0.131 e. The number of phenolic OH excluding ortho intramolecular Hbond substituents is 1. The molecule has 0 spiro atoms. The van der Waals surface area contributed by atoms with Crippen LogP contribution in [0.4, 0.5) is 0 Å². The minimum Gasteiger partial charge on any atom is -0.507 e. The van der Waals surface area contributed by atoms with Gasteiger partial charge in [0, 0.05) is 11.1 Å². The summed E-state index contributed by atoms with van der Waals surface area (Å²) in [6.45, 7) is 0. The summed E-state index contributed by atoms with van der Waals surface area (Å²) in [4.78, 5) is 0. The molecule has 6 aromatic rings. The third-order valence-electron chi connectivity index (χ3n) is 6.76. The second-order valence-electron chi connectivity index (χ2n) is 9.18. The minimum absolute atomic E-state index is 0.287. The topological polar surface area (TPSA) is 20.2 Å². The van der Waals surface area contributed by atoms with Crippen LogP contribution in [0.3, 0.4) is 0 Å².